The third kappa shape index (κ3) is 1.39. The summed E-state index contributed by atoms with van der Waals surface area (Å²) in [4.78, 5) is 0. The molecule has 0 aromatic rings. The fourth-order valence-corrected chi connectivity index (χ4v) is 6.42. The summed E-state index contributed by atoms with van der Waals surface area (Å²) in [6, 6.07) is 0. The molecule has 3 heteroatoms. The van der Waals surface area contributed by atoms with Crippen molar-refractivity contribution < 1.29 is 4.52 Å². The summed E-state index contributed by atoms with van der Waals surface area (Å²) in [6.07, 6.45) is 8.37. The Kier molecular flexibility index (Phi) is 2.03. The molecule has 0 aromatic carbocycles. The lowest BCUT2D eigenvalue weighted by Gasteiger charge is -2.59. The first kappa shape index (κ1) is 9.35. The Balaban J connectivity index is 1.95. The van der Waals surface area contributed by atoms with Crippen molar-refractivity contribution >= 4 is 32.1 Å². The van der Waals surface area contributed by atoms with Gasteiger partial charge in [-0.3, -0.25) is 0 Å². The van der Waals surface area contributed by atoms with Crippen molar-refractivity contribution in [2.75, 3.05) is 0 Å². The Morgan fingerprint density at radius 1 is 1.15 bits per heavy atom. The number of halogens is 1. The topological polar surface area (TPSA) is 9.23 Å². The second kappa shape index (κ2) is 2.82. The van der Waals surface area contributed by atoms with E-state index in [0.717, 1.165) is 11.8 Å². The van der Waals surface area contributed by atoms with Crippen molar-refractivity contribution in [3.63, 3.8) is 0 Å². The zero-order chi connectivity index (χ0) is 9.10. The molecule has 4 fully saturated rings. The van der Waals surface area contributed by atoms with E-state index < -0.39 is 0 Å². The van der Waals surface area contributed by atoms with Crippen LogP contribution in [-0.2, 0) is 4.52 Å². The van der Waals surface area contributed by atoms with Gasteiger partial charge in [-0.25, -0.2) is 0 Å². The third-order valence-corrected chi connectivity index (χ3v) is 5.95. The van der Waals surface area contributed by atoms with Crippen molar-refractivity contribution in [3.05, 3.63) is 0 Å². The predicted molar refractivity (Wildman–Crippen MR) is 65.0 cm³/mol. The molecule has 0 spiro atoms. The van der Waals surface area contributed by atoms with Gasteiger partial charge < -0.3 is 4.52 Å². The minimum atomic E-state index is 0.260. The molecule has 0 aromatic heterocycles. The van der Waals surface area contributed by atoms with Crippen LogP contribution in [0.2, 0.25) is 0 Å². The molecule has 4 saturated carbocycles. The first-order valence-corrected chi connectivity index (χ1v) is 6.75. The highest BCUT2D eigenvalue weighted by Crippen LogP contribution is 2.62. The van der Waals surface area contributed by atoms with E-state index in [9.17, 15) is 0 Å². The Bertz CT molecular complexity index is 229. The van der Waals surface area contributed by atoms with E-state index in [1.807, 2.05) is 0 Å². The van der Waals surface area contributed by atoms with Crippen LogP contribution in [-0.4, -0.2) is 9.02 Å². The summed E-state index contributed by atoms with van der Waals surface area (Å²) >= 11 is 2.71. The predicted octanol–water partition coefficient (Wildman–Crippen LogP) is 3.32. The van der Waals surface area contributed by atoms with Gasteiger partial charge in [0.1, 0.15) is 0 Å². The molecular formula is C10H16IOP. The van der Waals surface area contributed by atoms with E-state index >= 15 is 0 Å². The van der Waals surface area contributed by atoms with E-state index in [1.165, 1.54) is 38.5 Å². The molecule has 4 rings (SSSR count). The van der Waals surface area contributed by atoms with Crippen molar-refractivity contribution in [2.24, 2.45) is 11.8 Å². The van der Waals surface area contributed by atoms with Gasteiger partial charge in [0.25, 0.3) is 0 Å². The van der Waals surface area contributed by atoms with E-state index in [0.29, 0.717) is 3.42 Å². The normalized spacial score (nSPS) is 58.6. The molecule has 0 heterocycles. The first-order valence-electron chi connectivity index (χ1n) is 5.20. The molecule has 4 aliphatic carbocycles. The molecular weight excluding hydrogens is 294 g/mol. The molecule has 3 atom stereocenters. The van der Waals surface area contributed by atoms with E-state index in [4.69, 9.17) is 4.52 Å². The summed E-state index contributed by atoms with van der Waals surface area (Å²) in [7, 11) is 2.52. The molecule has 4 aliphatic rings. The quantitative estimate of drug-likeness (QED) is 0.410. The fourth-order valence-electron chi connectivity index (χ4n) is 4.21. The van der Waals surface area contributed by atoms with Crippen LogP contribution in [0.5, 0.6) is 0 Å². The molecule has 13 heavy (non-hydrogen) atoms. The molecule has 0 saturated heterocycles. The van der Waals surface area contributed by atoms with Crippen LogP contribution in [0.1, 0.15) is 38.5 Å². The highest BCUT2D eigenvalue weighted by atomic mass is 127. The fraction of sp³-hybridized carbons (Fsp3) is 1.00. The maximum atomic E-state index is 5.73. The van der Waals surface area contributed by atoms with Gasteiger partial charge in [-0.2, -0.15) is 0 Å². The maximum absolute atomic E-state index is 5.73. The lowest BCUT2D eigenvalue weighted by molar-refractivity contribution is -0.0832. The van der Waals surface area contributed by atoms with E-state index in [1.54, 1.807) is 0 Å². The Morgan fingerprint density at radius 2 is 1.77 bits per heavy atom. The van der Waals surface area contributed by atoms with Crippen LogP contribution in [0.15, 0.2) is 0 Å². The number of alkyl halides is 1. The average molecular weight is 310 g/mol. The summed E-state index contributed by atoms with van der Waals surface area (Å²) in [5.41, 5.74) is 0.260. The second-order valence-corrected chi connectivity index (χ2v) is 7.94. The second-order valence-electron chi connectivity index (χ2n) is 5.41. The summed E-state index contributed by atoms with van der Waals surface area (Å²) in [6.45, 7) is 0. The molecule has 4 bridgehead atoms. The SMILES string of the molecule is POC12CC3CC(CC(I)(C3)C1)C2. The van der Waals surface area contributed by atoms with Gasteiger partial charge in [0.05, 0.1) is 5.60 Å². The first-order chi connectivity index (χ1) is 6.13. The monoisotopic (exact) mass is 310 g/mol. The van der Waals surface area contributed by atoms with Crippen LogP contribution >= 0.6 is 32.1 Å². The van der Waals surface area contributed by atoms with Crippen molar-refractivity contribution in [1.82, 2.24) is 0 Å². The minimum absolute atomic E-state index is 0.260. The van der Waals surface area contributed by atoms with Gasteiger partial charge in [0, 0.05) is 12.9 Å². The van der Waals surface area contributed by atoms with Crippen LogP contribution in [0.4, 0.5) is 0 Å². The standard InChI is InChI=1S/C10H16IOP/c11-9-2-7-1-8(3-9)5-10(4-7,6-9)12-13/h7-8H,1-6,13H2. The summed E-state index contributed by atoms with van der Waals surface area (Å²) in [5, 5.41) is 0. The van der Waals surface area contributed by atoms with Gasteiger partial charge in [-0.05, 0) is 50.4 Å². The number of hydrogen-bond acceptors (Lipinski definition) is 1. The number of rotatable bonds is 1. The molecule has 0 amide bonds. The van der Waals surface area contributed by atoms with E-state index in [2.05, 4.69) is 32.1 Å². The van der Waals surface area contributed by atoms with Crippen molar-refractivity contribution in [2.45, 2.75) is 47.5 Å². The average Bonchev–Trinajstić information content (AvgIpc) is 1.99. The lowest BCUT2D eigenvalue weighted by atomic mass is 9.54. The Morgan fingerprint density at radius 3 is 2.23 bits per heavy atom. The molecule has 0 aliphatic heterocycles. The van der Waals surface area contributed by atoms with Gasteiger partial charge >= 0.3 is 0 Å². The highest BCUT2D eigenvalue weighted by Gasteiger charge is 2.57. The van der Waals surface area contributed by atoms with Crippen LogP contribution < -0.4 is 0 Å². The maximum Gasteiger partial charge on any atom is 0.0736 e. The van der Waals surface area contributed by atoms with Crippen LogP contribution in [0, 0.1) is 11.8 Å². The highest BCUT2D eigenvalue weighted by molar-refractivity contribution is 14.1. The zero-order valence-electron chi connectivity index (χ0n) is 7.76. The summed E-state index contributed by atoms with van der Waals surface area (Å²) < 4.78 is 6.32. The lowest BCUT2D eigenvalue weighted by Crippen LogP contribution is -2.56. The Labute approximate surface area is 95.8 Å². The van der Waals surface area contributed by atoms with Crippen LogP contribution in [0.25, 0.3) is 0 Å². The molecule has 74 valence electrons. The van der Waals surface area contributed by atoms with Crippen molar-refractivity contribution in [3.8, 4) is 0 Å². The minimum Gasteiger partial charge on any atom is -0.359 e. The van der Waals surface area contributed by atoms with Gasteiger partial charge in [-0.1, -0.05) is 22.6 Å². The van der Waals surface area contributed by atoms with Gasteiger partial charge in [-0.15, -0.1) is 0 Å². The smallest absolute Gasteiger partial charge is 0.0736 e. The van der Waals surface area contributed by atoms with Crippen LogP contribution in [0.3, 0.4) is 0 Å². The Hall–Kier alpha value is 1.12. The number of hydrogen-bond donors (Lipinski definition) is 0. The third-order valence-electron chi connectivity index (χ3n) is 4.19. The zero-order valence-corrected chi connectivity index (χ0v) is 11.1. The molecule has 0 radical (unpaired) electrons. The van der Waals surface area contributed by atoms with Gasteiger partial charge in [0.2, 0.25) is 0 Å². The van der Waals surface area contributed by atoms with Gasteiger partial charge in [0.15, 0.2) is 0 Å². The molecule has 3 unspecified atom stereocenters. The largest absolute Gasteiger partial charge is 0.359 e. The van der Waals surface area contributed by atoms with E-state index in [-0.39, 0.29) is 5.60 Å². The molecule has 1 nitrogen and oxygen atoms in total. The van der Waals surface area contributed by atoms with Crippen molar-refractivity contribution in [1.29, 1.82) is 0 Å². The molecule has 0 N–H and O–H groups in total. The summed E-state index contributed by atoms with van der Waals surface area (Å²) in [5.74, 6) is 1.94.